The summed E-state index contributed by atoms with van der Waals surface area (Å²) in [5, 5.41) is 0. The van der Waals surface area contributed by atoms with E-state index in [0.29, 0.717) is 92.9 Å². The molecule has 0 saturated carbocycles. The molecule has 0 N–H and O–H groups in total. The Morgan fingerprint density at radius 3 is 0.536 bits per heavy atom. The zero-order valence-corrected chi connectivity index (χ0v) is 82.7. The first-order valence-corrected chi connectivity index (χ1v) is 56.5. The van der Waals surface area contributed by atoms with Gasteiger partial charge in [0.2, 0.25) is 0 Å². The van der Waals surface area contributed by atoms with E-state index in [4.69, 9.17) is 36.7 Å². The summed E-state index contributed by atoms with van der Waals surface area (Å²) in [5.74, 6) is 3.46. The van der Waals surface area contributed by atoms with Crippen LogP contribution in [-0.2, 0) is 17.7 Å². The summed E-state index contributed by atoms with van der Waals surface area (Å²) in [7, 11) is -7.14. The second-order valence-corrected chi connectivity index (χ2v) is 60.4. The summed E-state index contributed by atoms with van der Waals surface area (Å²) < 4.78 is 54.9. The van der Waals surface area contributed by atoms with Crippen molar-refractivity contribution in [2.45, 2.75) is 477 Å². The highest BCUT2D eigenvalue weighted by molar-refractivity contribution is 6.79. The molecule has 0 saturated heterocycles. The molecule has 0 fully saturated rings. The molecule has 0 atom stereocenters. The Hall–Kier alpha value is -2.43. The predicted molar refractivity (Wildman–Crippen MR) is 501 cm³/mol. The first-order valence-electron chi connectivity index (χ1n) is 47.9. The first kappa shape index (κ1) is 104. The minimum absolute atomic E-state index is 0.102. The molecule has 12 heteroatoms. The minimum Gasteiger partial charge on any atom is -0.493 e. The number of ether oxygens (including phenoxy) is 4. The Labute approximate surface area is 700 Å². The molecular formula is C100H186O8Si4. The lowest BCUT2D eigenvalue weighted by molar-refractivity contribution is 0.267. The van der Waals surface area contributed by atoms with E-state index in [2.05, 4.69) is 234 Å². The van der Waals surface area contributed by atoms with Crippen molar-refractivity contribution in [3.63, 3.8) is 0 Å². The van der Waals surface area contributed by atoms with Crippen molar-refractivity contribution >= 4 is 33.3 Å². The first-order chi connectivity index (χ1) is 53.5. The highest BCUT2D eigenvalue weighted by atomic mass is 28.4. The van der Waals surface area contributed by atoms with Crippen molar-refractivity contribution < 1.29 is 36.7 Å². The van der Waals surface area contributed by atoms with Crippen LogP contribution in [0.1, 0.15) is 425 Å². The quantitative estimate of drug-likeness (QED) is 0.0314. The molecule has 0 aliphatic rings. The highest BCUT2D eigenvalue weighted by Gasteiger charge is 2.48. The second kappa shape index (κ2) is 58.5. The molecule has 112 heavy (non-hydrogen) atoms. The smallest absolute Gasteiger partial charge is 0.200 e. The average molecular weight is 1630 g/mol. The molecule has 8 nitrogen and oxygen atoms in total. The summed E-state index contributed by atoms with van der Waals surface area (Å²) in [4.78, 5) is 0. The van der Waals surface area contributed by atoms with Gasteiger partial charge in [-0.3, -0.25) is 0 Å². The molecule has 0 aliphatic carbocycles. The zero-order valence-electron chi connectivity index (χ0n) is 78.7. The van der Waals surface area contributed by atoms with E-state index < -0.39 is 33.3 Å². The van der Waals surface area contributed by atoms with Crippen LogP contribution in [0.25, 0.3) is 0 Å². The summed E-state index contributed by atoms with van der Waals surface area (Å²) in [6.07, 6.45) is 44.7. The SMILES string of the molecule is Cc1ccccc1C(c1cc(OCCCCCCCCCCCO[Si](C(C)C)(C(C)C)C(C)C)cc(OCCCCCCCCCCCO[Si](C(C)C)(C(C)C)C(C)C)c1)c1cc(OCCCCCCCCCCCO[Si](C(C)C)(C(C)C)C(C)C)cc(OCCCCCCCCCCCO[Si](C(C)C)(C(C)C)C(C)C)c1. The maximum Gasteiger partial charge on any atom is 0.200 e. The lowest BCUT2D eigenvalue weighted by Gasteiger charge is -2.42. The number of unbranched alkanes of at least 4 members (excludes halogenated alkanes) is 32. The summed E-state index contributed by atoms with van der Waals surface area (Å²) in [6, 6.07) is 22.6. The number of aryl methyl sites for hydroxylation is 1. The monoisotopic (exact) mass is 1630 g/mol. The lowest BCUT2D eigenvalue weighted by Crippen LogP contribution is -2.47. The van der Waals surface area contributed by atoms with Gasteiger partial charge in [0.25, 0.3) is 0 Å². The number of rotatable bonds is 71. The van der Waals surface area contributed by atoms with Crippen LogP contribution in [0.3, 0.4) is 0 Å². The van der Waals surface area contributed by atoms with Crippen molar-refractivity contribution in [2.75, 3.05) is 52.9 Å². The van der Waals surface area contributed by atoms with Crippen molar-refractivity contribution in [1.82, 2.24) is 0 Å². The van der Waals surface area contributed by atoms with Crippen molar-refractivity contribution in [2.24, 2.45) is 0 Å². The fourth-order valence-corrected chi connectivity index (χ4v) is 42.8. The van der Waals surface area contributed by atoms with Gasteiger partial charge in [0.15, 0.2) is 33.3 Å². The van der Waals surface area contributed by atoms with Crippen LogP contribution in [-0.4, -0.2) is 86.1 Å². The maximum atomic E-state index is 6.88. The Bertz CT molecular complexity index is 2390. The fraction of sp³-hybridized carbons (Fsp3) is 0.820. The van der Waals surface area contributed by atoms with Crippen LogP contribution in [0.15, 0.2) is 60.7 Å². The summed E-state index contributed by atoms with van der Waals surface area (Å²) in [6.45, 7) is 66.3. The number of benzene rings is 3. The van der Waals surface area contributed by atoms with Crippen LogP contribution >= 0.6 is 0 Å². The Kier molecular flexibility index (Phi) is 54.2. The zero-order chi connectivity index (χ0) is 83.0. The van der Waals surface area contributed by atoms with Gasteiger partial charge >= 0.3 is 0 Å². The van der Waals surface area contributed by atoms with Gasteiger partial charge in [0.1, 0.15) is 23.0 Å². The molecule has 3 aromatic carbocycles. The Morgan fingerprint density at radius 1 is 0.205 bits per heavy atom. The van der Waals surface area contributed by atoms with Crippen LogP contribution in [0.5, 0.6) is 23.0 Å². The largest absolute Gasteiger partial charge is 0.493 e. The second-order valence-electron chi connectivity index (χ2n) is 38.6. The maximum absolute atomic E-state index is 6.88. The van der Waals surface area contributed by atoms with E-state index >= 15 is 0 Å². The fourth-order valence-electron chi connectivity index (χ4n) is 20.8. The van der Waals surface area contributed by atoms with Gasteiger partial charge in [-0.25, -0.2) is 0 Å². The molecule has 0 amide bonds. The van der Waals surface area contributed by atoms with Gasteiger partial charge in [-0.05, 0) is 171 Å². The standard InChI is InChI=1S/C100H186O8Si4/c1-80(2)109(81(3)4,82(5)6)105-70-60-50-42-34-26-30-38-46-56-66-101-95-74-93(75-96(78-95)102-67-57-47-39-31-27-35-43-51-61-71-106-110(83(7)8,84(9)10)85(11)12)100(99-65-55-54-64-92(99)25)94-76-97(103-68-58-48-40-32-28-36-44-52-62-72-107-111(86(13)14,87(15)16)88(17)18)79-98(77-94)104-69-59-49-41-33-29-37-45-53-63-73-108-112(89(19)20,90(21)22)91(23)24/h54-55,64-65,74-91,100H,26-53,56-63,66-73H2,1-25H3. The minimum atomic E-state index is -1.78. The van der Waals surface area contributed by atoms with Gasteiger partial charge in [-0.2, -0.15) is 0 Å². The highest BCUT2D eigenvalue weighted by Crippen LogP contribution is 2.47. The van der Waals surface area contributed by atoms with E-state index in [-0.39, 0.29) is 5.92 Å². The topological polar surface area (TPSA) is 73.8 Å². The Morgan fingerprint density at radius 2 is 0.366 bits per heavy atom. The summed E-state index contributed by atoms with van der Waals surface area (Å²) >= 11 is 0. The number of hydrogen-bond donors (Lipinski definition) is 0. The van der Waals surface area contributed by atoms with Gasteiger partial charge in [0, 0.05) is 44.5 Å². The third kappa shape index (κ3) is 35.9. The van der Waals surface area contributed by atoms with Crippen LogP contribution in [0, 0.1) is 6.92 Å². The third-order valence-electron chi connectivity index (χ3n) is 26.4. The molecule has 0 spiro atoms. The molecule has 0 aliphatic heterocycles. The molecule has 3 rings (SSSR count). The van der Waals surface area contributed by atoms with Crippen LogP contribution < -0.4 is 18.9 Å². The van der Waals surface area contributed by atoms with Gasteiger partial charge < -0.3 is 36.7 Å². The lowest BCUT2D eigenvalue weighted by atomic mass is 9.82. The van der Waals surface area contributed by atoms with Gasteiger partial charge in [0.05, 0.1) is 26.4 Å². The summed E-state index contributed by atoms with van der Waals surface area (Å²) in [5.41, 5.74) is 12.6. The molecule has 0 bridgehead atoms. The normalized spacial score (nSPS) is 12.9. The van der Waals surface area contributed by atoms with E-state index in [1.54, 1.807) is 0 Å². The van der Waals surface area contributed by atoms with Crippen molar-refractivity contribution in [3.8, 4) is 23.0 Å². The molecule has 0 unspecified atom stereocenters. The molecule has 650 valence electrons. The van der Waals surface area contributed by atoms with Crippen molar-refractivity contribution in [1.29, 1.82) is 0 Å². The van der Waals surface area contributed by atoms with Gasteiger partial charge in [-0.1, -0.05) is 370 Å². The molecule has 0 heterocycles. The van der Waals surface area contributed by atoms with E-state index in [1.807, 2.05) is 0 Å². The predicted octanol–water partition coefficient (Wildman–Crippen LogP) is 33.5. The van der Waals surface area contributed by atoms with Crippen LogP contribution in [0.2, 0.25) is 66.5 Å². The average Bonchev–Trinajstić information content (AvgIpc) is 0.775. The molecular weight excluding hydrogens is 1440 g/mol. The van der Waals surface area contributed by atoms with E-state index in [0.717, 1.165) is 75.1 Å². The molecule has 3 aromatic rings. The van der Waals surface area contributed by atoms with Crippen molar-refractivity contribution in [3.05, 3.63) is 82.9 Å². The number of hydrogen-bond acceptors (Lipinski definition) is 8. The Balaban J connectivity index is 1.79. The van der Waals surface area contributed by atoms with E-state index in [9.17, 15) is 0 Å². The third-order valence-corrected chi connectivity index (χ3v) is 50.9. The van der Waals surface area contributed by atoms with E-state index in [1.165, 1.54) is 228 Å². The van der Waals surface area contributed by atoms with Crippen LogP contribution in [0.4, 0.5) is 0 Å². The molecule has 0 aromatic heterocycles. The van der Waals surface area contributed by atoms with Gasteiger partial charge in [-0.15, -0.1) is 0 Å². The molecule has 0 radical (unpaired) electrons.